The fraction of sp³-hybridized carbons (Fsp3) is 0.151. The van der Waals surface area contributed by atoms with E-state index < -0.39 is 41.2 Å². The first-order chi connectivity index (χ1) is 57.4. The van der Waals surface area contributed by atoms with Gasteiger partial charge in [0.25, 0.3) is 0 Å². The summed E-state index contributed by atoms with van der Waals surface area (Å²) in [6.07, 6.45) is 0.367. The van der Waals surface area contributed by atoms with E-state index in [0.29, 0.717) is 130 Å². The molecule has 3 heterocycles. The van der Waals surface area contributed by atoms with Gasteiger partial charge in [-0.2, -0.15) is 0 Å². The normalized spacial score (nSPS) is 10.4. The molecule has 39 heteroatoms. The van der Waals surface area contributed by atoms with Gasteiger partial charge in [-0.15, -0.1) is 0 Å². The summed E-state index contributed by atoms with van der Waals surface area (Å²) in [4.78, 5) is 89.5. The average Bonchev–Trinajstić information content (AvgIpc) is 1.61. The maximum absolute atomic E-state index is 15.2. The van der Waals surface area contributed by atoms with Gasteiger partial charge in [-0.25, -0.2) is 27.6 Å². The minimum Gasteiger partial charge on any atom is -0.870 e. The number of fused-ring (bicyclic) bond motifs is 3. The second-order valence-corrected chi connectivity index (χ2v) is 35.2. The van der Waals surface area contributed by atoms with Crippen LogP contribution in [0.1, 0.15) is 75.0 Å². The molecule has 0 unspecified atom stereocenters. The zero-order valence-corrected chi connectivity index (χ0v) is 81.0. The van der Waals surface area contributed by atoms with Crippen molar-refractivity contribution in [1.29, 1.82) is 0 Å². The Kier molecular flexibility index (Phi) is 46.8. The fourth-order valence-electron chi connectivity index (χ4n) is 11.4. The SMILES string of the molecule is C.CCOC(=O)c1cccc(Sc2c(C)[nH]c3c(F)c(Cl)ccc23)c1.CCOC(=O)c1cccc(Sc2c(C)n(CC(=O)Nc3cc(Cl)cc(Cl)c3)c3c(F)c(Cl)ccc23)c1.Cc1c(Sc2cccc(C(=O)O)c2)c2ccc(Cl)c(F)c2n1CC(=O)Nc1cc(Cl)cc(Cl)c1.Nc1cc(Cl)cc(Cl)c1.O.O=C(Br)CBr.O=C(CBr)Cc1cc(Cl)cc(Cl)c1.[Li+].[OH-]. The number of hydrogen-bond acceptors (Lipinski definition) is 14. The van der Waals surface area contributed by atoms with Gasteiger partial charge in [0, 0.05) is 126 Å². The zero-order chi connectivity index (χ0) is 88.8. The molecule has 125 heavy (non-hydrogen) atoms. The number of benzene rings is 10. The Morgan fingerprint density at radius 3 is 1.17 bits per heavy atom. The van der Waals surface area contributed by atoms with Gasteiger partial charge in [-0.05, 0) is 220 Å². The number of carboxylic acid groups (broad SMARTS) is 1. The third-order valence-electron chi connectivity index (χ3n) is 16.4. The van der Waals surface area contributed by atoms with Crippen molar-refractivity contribution in [2.45, 2.75) is 90.9 Å². The minimum atomic E-state index is -1.04. The van der Waals surface area contributed by atoms with E-state index in [2.05, 4.69) is 63.4 Å². The molecule has 10 aromatic carbocycles. The van der Waals surface area contributed by atoms with Crippen molar-refractivity contribution in [3.8, 4) is 0 Å². The number of H-pyrrole nitrogens is 1. The first-order valence-electron chi connectivity index (χ1n) is 35.2. The summed E-state index contributed by atoms with van der Waals surface area (Å²) in [5.41, 5.74) is 11.6. The van der Waals surface area contributed by atoms with Crippen LogP contribution in [0.15, 0.2) is 211 Å². The van der Waals surface area contributed by atoms with Crippen molar-refractivity contribution in [3.05, 3.63) is 294 Å². The molecule has 0 bridgehead atoms. The maximum atomic E-state index is 15.2. The molecule has 656 valence electrons. The van der Waals surface area contributed by atoms with Crippen LogP contribution < -0.4 is 35.2 Å². The zero-order valence-electron chi connectivity index (χ0n) is 65.5. The number of nitrogen functional groups attached to an aromatic ring is 1. The van der Waals surface area contributed by atoms with E-state index >= 15 is 8.78 Å². The number of esters is 2. The van der Waals surface area contributed by atoms with Crippen LogP contribution in [0.25, 0.3) is 32.7 Å². The molecule has 0 saturated carbocycles. The van der Waals surface area contributed by atoms with Crippen LogP contribution in [0, 0.1) is 38.2 Å². The third kappa shape index (κ3) is 32.1. The van der Waals surface area contributed by atoms with Crippen molar-refractivity contribution in [1.82, 2.24) is 14.1 Å². The fourth-order valence-corrected chi connectivity index (χ4v) is 17.5. The first kappa shape index (κ1) is 111. The summed E-state index contributed by atoms with van der Waals surface area (Å²) in [6, 6.07) is 49.7. The van der Waals surface area contributed by atoms with Gasteiger partial charge >= 0.3 is 36.8 Å². The monoisotopic (exact) mass is 2160 g/mol. The number of aryl methyl sites for hydroxylation is 1. The number of carboxylic acids is 1. The van der Waals surface area contributed by atoms with Gasteiger partial charge in [-0.1, -0.05) is 220 Å². The third-order valence-corrected chi connectivity index (χ3v) is 24.8. The Hall–Kier alpha value is -6.70. The van der Waals surface area contributed by atoms with Gasteiger partial charge in [0.15, 0.2) is 17.5 Å². The molecule has 13 aromatic rings. The Labute approximate surface area is 822 Å². The number of nitrogens with zero attached hydrogens (tertiary/aromatic N) is 2. The summed E-state index contributed by atoms with van der Waals surface area (Å²) < 4.78 is 57.7. The number of hydrogen-bond donors (Lipinski definition) is 5. The Bertz CT molecular complexity index is 5980. The van der Waals surface area contributed by atoms with Crippen LogP contribution in [-0.2, 0) is 48.2 Å². The number of aromatic amines is 1. The molecule has 0 aliphatic heterocycles. The molecule has 3 aromatic heterocycles. The van der Waals surface area contributed by atoms with E-state index in [4.69, 9.17) is 143 Å². The average molecular weight is 2170 g/mol. The summed E-state index contributed by atoms with van der Waals surface area (Å²) >= 11 is 77.6. The molecule has 18 nitrogen and oxygen atoms in total. The number of nitrogens with one attached hydrogen (secondary N) is 3. The largest absolute Gasteiger partial charge is 1.00 e. The number of ether oxygens (including phenoxy) is 2. The van der Waals surface area contributed by atoms with Crippen molar-refractivity contribution in [2.24, 2.45) is 0 Å². The number of ketones is 1. The van der Waals surface area contributed by atoms with Gasteiger partial charge in [0.2, 0.25) is 16.5 Å². The van der Waals surface area contributed by atoms with E-state index in [1.165, 1.54) is 59.6 Å². The first-order valence-corrected chi connectivity index (χ1v) is 44.9. The van der Waals surface area contributed by atoms with E-state index in [-0.39, 0.29) is 105 Å². The van der Waals surface area contributed by atoms with Crippen LogP contribution in [0.3, 0.4) is 0 Å². The van der Waals surface area contributed by atoms with Gasteiger partial charge < -0.3 is 56.0 Å². The van der Waals surface area contributed by atoms with Gasteiger partial charge in [-0.3, -0.25) is 19.2 Å². The number of aromatic nitrogens is 3. The Morgan fingerprint density at radius 2 is 0.816 bits per heavy atom. The second-order valence-electron chi connectivity index (χ2n) is 25.2. The standard InChI is InChI=1S/C26H20Cl3FN2O3S.C24H16Cl3FN2O3S.C18H15ClFNO2S.C9H7BrCl2O.C6H5Cl2N.C2H2Br2O.CH4.Li.2H2O/c1-3-35-26(34)15-5-4-6-19(9-15)36-25-14(2)32(24-20(25)7-8-21(29)23(24)30)13-22(33)31-18-11-16(27)10-17(28)12-18;1-12-23(34-17-4-2-3-13(7-17)24(32)33)18-5-6-19(27)21(28)22(18)30(12)11-20(31)29-16-9-14(25)8-15(26)10-16;1-3-23-18(22)11-5-4-6-12(9-11)24-17-10(2)21-16-13(17)7-8-14(19)15(16)20;10-5-9(13)3-6-1-7(11)4-8(12)2-6;7-4-1-5(8)3-6(9)2-4;3-1-2(4)5;;;;/h4-12H,3,13H2,1-2H3,(H,31,33);2-10H,11H2,1H3,(H,29,31)(H,32,33);4-9,21H,3H2,1-2H3;1-2,4H,3,5H2;1-3H,9H2;1H2;1H4;;2*1H2/q;;;;;;;+1;;/p-1. The predicted molar refractivity (Wildman–Crippen MR) is 512 cm³/mol. The maximum Gasteiger partial charge on any atom is 1.00 e. The van der Waals surface area contributed by atoms with Gasteiger partial charge in [0.05, 0.1) is 72.2 Å². The molecular formula is C86H72Br3Cl11F3LiN6O12S3. The molecule has 9 N–H and O–H groups in total. The van der Waals surface area contributed by atoms with Crippen LogP contribution in [0.2, 0.25) is 55.2 Å². The number of halogens is 17. The van der Waals surface area contributed by atoms with E-state index in [0.717, 1.165) is 36.2 Å². The van der Waals surface area contributed by atoms with Gasteiger partial charge in [0.1, 0.15) is 18.9 Å². The molecule has 13 rings (SSSR count). The van der Waals surface area contributed by atoms with Crippen LogP contribution in [-0.4, -0.2) is 94.2 Å². The number of carbonyl (C=O) groups excluding carboxylic acids is 6. The number of nitrogens with two attached hydrogens (primary N) is 1. The topological polar surface area (TPSA) is 295 Å². The summed E-state index contributed by atoms with van der Waals surface area (Å²) in [5.74, 6) is -4.24. The van der Waals surface area contributed by atoms with E-state index in [9.17, 15) is 43.1 Å². The minimum absolute atomic E-state index is 0. The Morgan fingerprint density at radius 1 is 0.480 bits per heavy atom. The molecule has 0 saturated heterocycles. The number of aromatic carboxylic acids is 1. The molecule has 0 aliphatic carbocycles. The smallest absolute Gasteiger partial charge is 0.870 e. The molecule has 0 aliphatic rings. The van der Waals surface area contributed by atoms with E-state index in [1.807, 2.05) is 19.1 Å². The number of amides is 2. The number of alkyl halides is 2. The molecule has 0 atom stereocenters. The van der Waals surface area contributed by atoms with Crippen LogP contribution in [0.4, 0.5) is 30.2 Å². The number of carbonyl (C=O) groups is 7. The second kappa shape index (κ2) is 52.8. The van der Waals surface area contributed by atoms with Crippen LogP contribution in [0.5, 0.6) is 0 Å². The number of Topliss-reactive ketones (excluding diaryl/α,β-unsaturated/α-hetero) is 1. The quantitative estimate of drug-likeness (QED) is 0.0147. The number of anilines is 3. The van der Waals surface area contributed by atoms with Crippen molar-refractivity contribution >= 4 is 301 Å². The van der Waals surface area contributed by atoms with Crippen molar-refractivity contribution < 1.29 is 91.1 Å². The summed E-state index contributed by atoms with van der Waals surface area (Å²) in [7, 11) is 0. The molecule has 0 fully saturated rings. The summed E-state index contributed by atoms with van der Waals surface area (Å²) in [5, 5.41) is 21.1. The van der Waals surface area contributed by atoms with E-state index in [1.54, 1.807) is 182 Å². The Balaban J connectivity index is 0.000000340. The van der Waals surface area contributed by atoms with Crippen molar-refractivity contribution in [2.75, 3.05) is 40.2 Å². The molecular weight excluding hydrogens is 2100 g/mol. The van der Waals surface area contributed by atoms with Crippen molar-refractivity contribution in [3.63, 3.8) is 0 Å². The van der Waals surface area contributed by atoms with Crippen LogP contribution >= 0.6 is 211 Å². The summed E-state index contributed by atoms with van der Waals surface area (Å²) in [6.45, 7) is 9.19. The molecule has 0 spiro atoms. The number of rotatable bonds is 21. The molecule has 0 radical (unpaired) electrons. The molecule has 2 amide bonds. The predicted octanol–water partition coefficient (Wildman–Crippen LogP) is 25.2.